The van der Waals surface area contributed by atoms with Gasteiger partial charge in [-0.1, -0.05) is 35.8 Å². The van der Waals surface area contributed by atoms with E-state index >= 15 is 0 Å². The molecule has 4 aromatic rings. The molecule has 1 fully saturated rings. The number of aromatic nitrogens is 5. The molecule has 9 nitrogen and oxygen atoms in total. The zero-order valence-electron chi connectivity index (χ0n) is 18.6. The molecular weight excluding hydrogens is 418 g/mol. The molecule has 0 spiro atoms. The van der Waals surface area contributed by atoms with Gasteiger partial charge >= 0.3 is 0 Å². The minimum atomic E-state index is -0.253. The Labute approximate surface area is 191 Å². The van der Waals surface area contributed by atoms with E-state index < -0.39 is 0 Å². The molecule has 2 N–H and O–H groups in total. The Morgan fingerprint density at radius 1 is 1.09 bits per heavy atom. The Morgan fingerprint density at radius 2 is 1.85 bits per heavy atom. The second kappa shape index (κ2) is 8.16. The van der Waals surface area contributed by atoms with Crippen LogP contribution >= 0.6 is 0 Å². The number of rotatable bonds is 6. The molecule has 3 heterocycles. The third-order valence-corrected chi connectivity index (χ3v) is 6.29. The summed E-state index contributed by atoms with van der Waals surface area (Å²) in [6.07, 6.45) is 8.21. The molecule has 1 aromatic carbocycles. The highest BCUT2D eigenvalue weighted by Crippen LogP contribution is 2.48. The Morgan fingerprint density at radius 3 is 2.48 bits per heavy atom. The predicted molar refractivity (Wildman–Crippen MR) is 123 cm³/mol. The van der Waals surface area contributed by atoms with Crippen molar-refractivity contribution in [3.8, 4) is 22.6 Å². The summed E-state index contributed by atoms with van der Waals surface area (Å²) in [7, 11) is 3.43. The number of hydrogen-bond acceptors (Lipinski definition) is 7. The number of carbonyl (C=O) groups is 1. The first kappa shape index (κ1) is 20.9. The van der Waals surface area contributed by atoms with Crippen LogP contribution < -0.4 is 5.73 Å². The van der Waals surface area contributed by atoms with E-state index in [0.717, 1.165) is 30.4 Å². The summed E-state index contributed by atoms with van der Waals surface area (Å²) >= 11 is 0. The highest BCUT2D eigenvalue weighted by Gasteiger charge is 2.44. The number of hydrogen-bond donors (Lipinski definition) is 1. The van der Waals surface area contributed by atoms with Gasteiger partial charge in [0.2, 0.25) is 5.91 Å². The van der Waals surface area contributed by atoms with E-state index in [9.17, 15) is 4.79 Å². The topological polar surface area (TPSA) is 116 Å². The van der Waals surface area contributed by atoms with Gasteiger partial charge in [-0.3, -0.25) is 9.48 Å². The molecule has 1 amide bonds. The lowest BCUT2D eigenvalue weighted by Crippen LogP contribution is -2.36. The van der Waals surface area contributed by atoms with E-state index in [1.54, 1.807) is 43.4 Å². The molecule has 168 valence electrons. The molecule has 3 aromatic heterocycles. The van der Waals surface area contributed by atoms with Crippen LogP contribution in [0.15, 0.2) is 59.5 Å². The van der Waals surface area contributed by atoms with Crippen molar-refractivity contribution in [1.82, 2.24) is 29.8 Å². The van der Waals surface area contributed by atoms with Gasteiger partial charge < -0.3 is 15.2 Å². The zero-order chi connectivity index (χ0) is 23.0. The van der Waals surface area contributed by atoms with Crippen LogP contribution in [-0.2, 0) is 16.8 Å². The van der Waals surface area contributed by atoms with Crippen molar-refractivity contribution < 1.29 is 9.32 Å². The summed E-state index contributed by atoms with van der Waals surface area (Å²) in [4.78, 5) is 22.4. The van der Waals surface area contributed by atoms with E-state index in [1.807, 2.05) is 6.07 Å². The van der Waals surface area contributed by atoms with Gasteiger partial charge in [-0.05, 0) is 36.1 Å². The first-order valence-electron chi connectivity index (χ1n) is 10.8. The van der Waals surface area contributed by atoms with Crippen LogP contribution in [0.1, 0.15) is 30.7 Å². The summed E-state index contributed by atoms with van der Waals surface area (Å²) < 4.78 is 7.17. The highest BCUT2D eigenvalue weighted by atomic mass is 16.5. The highest BCUT2D eigenvalue weighted by molar-refractivity contribution is 5.75. The molecule has 0 saturated heterocycles. The lowest BCUT2D eigenvalue weighted by Gasteiger charge is -2.39. The van der Waals surface area contributed by atoms with Gasteiger partial charge in [-0.25, -0.2) is 4.98 Å². The number of pyridine rings is 1. The molecule has 1 saturated carbocycles. The van der Waals surface area contributed by atoms with Gasteiger partial charge in [0.1, 0.15) is 12.4 Å². The van der Waals surface area contributed by atoms with Crippen LogP contribution in [0.4, 0.5) is 5.82 Å². The van der Waals surface area contributed by atoms with E-state index in [1.165, 1.54) is 10.5 Å². The SMILES string of the molecule is CN(C)C(=O)Cn1cc(-c2nc(C3(c4ccc(-c5ccc(N)nc5)cc4)CCC3)no2)cn1. The number of amides is 1. The fraction of sp³-hybridized carbons (Fsp3) is 0.292. The lowest BCUT2D eigenvalue weighted by atomic mass is 9.64. The maximum absolute atomic E-state index is 11.9. The number of nitrogen functional groups attached to an aromatic ring is 1. The van der Waals surface area contributed by atoms with Crippen LogP contribution in [0.5, 0.6) is 0 Å². The summed E-state index contributed by atoms with van der Waals surface area (Å²) in [5, 5.41) is 8.58. The maximum Gasteiger partial charge on any atom is 0.261 e. The summed E-state index contributed by atoms with van der Waals surface area (Å²) in [6.45, 7) is 0.161. The molecule has 9 heteroatoms. The molecule has 5 rings (SSSR count). The molecule has 0 unspecified atom stereocenters. The number of nitrogens with zero attached hydrogens (tertiary/aromatic N) is 6. The van der Waals surface area contributed by atoms with Gasteiger partial charge in [-0.15, -0.1) is 0 Å². The zero-order valence-corrected chi connectivity index (χ0v) is 18.6. The minimum absolute atomic E-state index is 0.0394. The quantitative estimate of drug-likeness (QED) is 0.487. The van der Waals surface area contributed by atoms with Crippen LogP contribution in [-0.4, -0.2) is 49.8 Å². The van der Waals surface area contributed by atoms with E-state index in [4.69, 9.17) is 15.2 Å². The standard InChI is InChI=1S/C24H25N7O2/c1-30(2)21(32)15-31-14-18(13-27-31)22-28-23(29-33-22)24(10-3-11-24)19-7-4-16(5-8-19)17-6-9-20(25)26-12-17/h4-9,12-14H,3,10-11,15H2,1-2H3,(H2,25,26). The molecule has 1 aliphatic carbocycles. The summed E-state index contributed by atoms with van der Waals surface area (Å²) in [5.41, 5.74) is 9.40. The predicted octanol–water partition coefficient (Wildman–Crippen LogP) is 3.14. The number of carbonyl (C=O) groups excluding carboxylic acids is 1. The normalized spacial score (nSPS) is 14.6. The summed E-state index contributed by atoms with van der Waals surface area (Å²) in [5.74, 6) is 1.56. The van der Waals surface area contributed by atoms with Crippen molar-refractivity contribution in [1.29, 1.82) is 0 Å². The molecule has 0 bridgehead atoms. The van der Waals surface area contributed by atoms with Crippen molar-refractivity contribution in [2.45, 2.75) is 31.2 Å². The van der Waals surface area contributed by atoms with Gasteiger partial charge in [0.25, 0.3) is 5.89 Å². The fourth-order valence-corrected chi connectivity index (χ4v) is 4.11. The van der Waals surface area contributed by atoms with Crippen molar-refractivity contribution in [3.05, 3.63) is 66.4 Å². The van der Waals surface area contributed by atoms with Crippen LogP contribution in [0.3, 0.4) is 0 Å². The van der Waals surface area contributed by atoms with Crippen molar-refractivity contribution in [2.24, 2.45) is 0 Å². The first-order valence-corrected chi connectivity index (χ1v) is 10.8. The number of benzene rings is 1. The molecule has 0 aliphatic heterocycles. The Kier molecular flexibility index (Phi) is 5.16. The average Bonchev–Trinajstić information content (AvgIpc) is 3.44. The van der Waals surface area contributed by atoms with E-state index in [0.29, 0.717) is 23.1 Å². The van der Waals surface area contributed by atoms with Crippen LogP contribution in [0.2, 0.25) is 0 Å². The third kappa shape index (κ3) is 3.86. The summed E-state index contributed by atoms with van der Waals surface area (Å²) in [6, 6.07) is 12.2. The molecule has 33 heavy (non-hydrogen) atoms. The Hall–Kier alpha value is -4.01. The molecule has 0 atom stereocenters. The molecule has 0 radical (unpaired) electrons. The van der Waals surface area contributed by atoms with E-state index in [-0.39, 0.29) is 17.9 Å². The number of nitrogens with two attached hydrogens (primary N) is 1. The van der Waals surface area contributed by atoms with Gasteiger partial charge in [0, 0.05) is 32.1 Å². The van der Waals surface area contributed by atoms with Crippen molar-refractivity contribution in [2.75, 3.05) is 19.8 Å². The fourth-order valence-electron chi connectivity index (χ4n) is 4.11. The van der Waals surface area contributed by atoms with E-state index in [2.05, 4.69) is 39.5 Å². The third-order valence-electron chi connectivity index (χ3n) is 6.29. The van der Waals surface area contributed by atoms with Crippen molar-refractivity contribution in [3.63, 3.8) is 0 Å². The smallest absolute Gasteiger partial charge is 0.261 e. The van der Waals surface area contributed by atoms with Gasteiger partial charge in [0.05, 0.1) is 17.2 Å². The van der Waals surface area contributed by atoms with Gasteiger partial charge in [0.15, 0.2) is 5.82 Å². The second-order valence-electron chi connectivity index (χ2n) is 8.62. The average molecular weight is 444 g/mol. The monoisotopic (exact) mass is 443 g/mol. The molecular formula is C24H25N7O2. The van der Waals surface area contributed by atoms with Crippen LogP contribution in [0, 0.1) is 0 Å². The number of likely N-dealkylation sites (N-methyl/N-ethyl adjacent to an activating group) is 1. The Balaban J connectivity index is 1.38. The second-order valence-corrected chi connectivity index (χ2v) is 8.62. The minimum Gasteiger partial charge on any atom is -0.384 e. The Bertz CT molecular complexity index is 1270. The van der Waals surface area contributed by atoms with Gasteiger partial charge in [-0.2, -0.15) is 10.1 Å². The van der Waals surface area contributed by atoms with Crippen molar-refractivity contribution >= 4 is 11.7 Å². The number of anilines is 1. The maximum atomic E-state index is 11.9. The van der Waals surface area contributed by atoms with Crippen LogP contribution in [0.25, 0.3) is 22.6 Å². The first-order chi connectivity index (χ1) is 15.9. The molecule has 1 aliphatic rings. The lowest BCUT2D eigenvalue weighted by molar-refractivity contribution is -0.129. The largest absolute Gasteiger partial charge is 0.384 e.